The first-order valence-electron chi connectivity index (χ1n) is 11.1. The molecule has 0 radical (unpaired) electrons. The highest BCUT2D eigenvalue weighted by Gasteiger charge is 2.47. The molecular formula is C25H31NO7. The molecule has 1 heterocycles. The normalized spacial score (nSPS) is 22.5. The Bertz CT molecular complexity index is 994. The summed E-state index contributed by atoms with van der Waals surface area (Å²) >= 11 is 0. The Morgan fingerprint density at radius 3 is 2.55 bits per heavy atom. The van der Waals surface area contributed by atoms with Gasteiger partial charge in [0.2, 0.25) is 0 Å². The highest BCUT2D eigenvalue weighted by atomic mass is 16.6. The summed E-state index contributed by atoms with van der Waals surface area (Å²) in [5, 5.41) is 3.24. The maximum absolute atomic E-state index is 13.7. The number of esters is 2. The van der Waals surface area contributed by atoms with Gasteiger partial charge in [-0.1, -0.05) is 25.1 Å². The first-order valence-corrected chi connectivity index (χ1v) is 11.1. The van der Waals surface area contributed by atoms with Crippen molar-refractivity contribution in [1.82, 2.24) is 5.32 Å². The van der Waals surface area contributed by atoms with E-state index in [2.05, 4.69) is 5.32 Å². The second-order valence-corrected chi connectivity index (χ2v) is 8.13. The third-order valence-corrected chi connectivity index (χ3v) is 6.01. The number of ketones is 1. The molecule has 0 unspecified atom stereocenters. The number of allylic oxidation sites excluding steroid dienone is 3. The minimum Gasteiger partial charge on any atom is -0.494 e. The first kappa shape index (κ1) is 24.5. The van der Waals surface area contributed by atoms with E-state index >= 15 is 0 Å². The van der Waals surface area contributed by atoms with Crippen LogP contribution in [-0.2, 0) is 28.6 Å². The van der Waals surface area contributed by atoms with Crippen LogP contribution in [0.1, 0.15) is 38.7 Å². The predicted octanol–water partition coefficient (Wildman–Crippen LogP) is 2.89. The Hall–Kier alpha value is -3.13. The van der Waals surface area contributed by atoms with Crippen molar-refractivity contribution in [3.63, 3.8) is 0 Å². The van der Waals surface area contributed by atoms with Gasteiger partial charge in [0.05, 0.1) is 31.8 Å². The molecule has 0 spiro atoms. The SMILES string of the molecule is CCOc1ccccc1[C@H]1C(C(=O)OCCOC)=C(C)NC2=C1C(=O)[C@@H](C(=O)OC)[C@H](C)C2. The van der Waals surface area contributed by atoms with Crippen molar-refractivity contribution in [3.8, 4) is 5.75 Å². The van der Waals surface area contributed by atoms with Crippen LogP contribution in [-0.4, -0.2) is 51.8 Å². The molecule has 1 aliphatic carbocycles. The van der Waals surface area contributed by atoms with Crippen molar-refractivity contribution in [3.05, 3.63) is 52.4 Å². The summed E-state index contributed by atoms with van der Waals surface area (Å²) in [4.78, 5) is 39.4. The molecule has 0 amide bonds. The molecule has 3 atom stereocenters. The Kier molecular flexibility index (Phi) is 7.92. The second-order valence-electron chi connectivity index (χ2n) is 8.13. The summed E-state index contributed by atoms with van der Waals surface area (Å²) in [6.07, 6.45) is 0.470. The van der Waals surface area contributed by atoms with Crippen molar-refractivity contribution >= 4 is 17.7 Å². The average molecular weight is 458 g/mol. The number of para-hydroxylation sites is 1. The van der Waals surface area contributed by atoms with Crippen LogP contribution >= 0.6 is 0 Å². The van der Waals surface area contributed by atoms with Crippen LogP contribution in [0.3, 0.4) is 0 Å². The molecule has 178 valence electrons. The molecule has 0 bridgehead atoms. The van der Waals surface area contributed by atoms with Gasteiger partial charge in [-0.05, 0) is 32.3 Å². The van der Waals surface area contributed by atoms with E-state index in [1.807, 2.05) is 32.0 Å². The van der Waals surface area contributed by atoms with E-state index < -0.39 is 23.8 Å². The van der Waals surface area contributed by atoms with E-state index in [0.29, 0.717) is 46.9 Å². The van der Waals surface area contributed by atoms with Crippen LogP contribution < -0.4 is 10.1 Å². The van der Waals surface area contributed by atoms with E-state index in [-0.39, 0.29) is 24.9 Å². The van der Waals surface area contributed by atoms with Gasteiger partial charge < -0.3 is 24.3 Å². The number of benzene rings is 1. The number of nitrogens with one attached hydrogen (secondary N) is 1. The van der Waals surface area contributed by atoms with E-state index in [1.54, 1.807) is 13.0 Å². The number of ether oxygens (including phenoxy) is 4. The predicted molar refractivity (Wildman–Crippen MR) is 120 cm³/mol. The molecule has 2 aliphatic rings. The molecule has 3 rings (SSSR count). The zero-order valence-corrected chi connectivity index (χ0v) is 19.7. The van der Waals surface area contributed by atoms with E-state index in [9.17, 15) is 14.4 Å². The number of hydrogen-bond donors (Lipinski definition) is 1. The van der Waals surface area contributed by atoms with E-state index in [1.165, 1.54) is 14.2 Å². The number of carbonyl (C=O) groups is 3. The smallest absolute Gasteiger partial charge is 0.336 e. The summed E-state index contributed by atoms with van der Waals surface area (Å²) in [5.74, 6) is -2.86. The number of rotatable bonds is 8. The van der Waals surface area contributed by atoms with Gasteiger partial charge >= 0.3 is 11.9 Å². The van der Waals surface area contributed by atoms with Gasteiger partial charge in [-0.3, -0.25) is 9.59 Å². The topological polar surface area (TPSA) is 100 Å². The highest BCUT2D eigenvalue weighted by Crippen LogP contribution is 2.47. The third kappa shape index (κ3) is 4.80. The van der Waals surface area contributed by atoms with Crippen molar-refractivity contribution in [2.45, 2.75) is 33.1 Å². The van der Waals surface area contributed by atoms with Crippen LogP contribution in [0.15, 0.2) is 46.8 Å². The molecule has 8 nitrogen and oxygen atoms in total. The molecule has 8 heteroatoms. The Morgan fingerprint density at radius 1 is 1.15 bits per heavy atom. The molecule has 0 aromatic heterocycles. The van der Waals surface area contributed by atoms with Gasteiger partial charge in [0.15, 0.2) is 5.78 Å². The first-order chi connectivity index (χ1) is 15.8. The number of methoxy groups -OCH3 is 2. The maximum Gasteiger partial charge on any atom is 0.336 e. The molecule has 0 saturated carbocycles. The molecule has 0 fully saturated rings. The van der Waals surface area contributed by atoms with Crippen LogP contribution in [0.25, 0.3) is 0 Å². The van der Waals surface area contributed by atoms with Crippen LogP contribution in [0.2, 0.25) is 0 Å². The number of carbonyl (C=O) groups excluding carboxylic acids is 3. The van der Waals surface area contributed by atoms with Crippen molar-refractivity contribution in [1.29, 1.82) is 0 Å². The quantitative estimate of drug-likeness (QED) is 0.361. The summed E-state index contributed by atoms with van der Waals surface area (Å²) in [5.41, 5.74) is 2.65. The lowest BCUT2D eigenvalue weighted by molar-refractivity contribution is -0.151. The monoisotopic (exact) mass is 457 g/mol. The van der Waals surface area contributed by atoms with Crippen LogP contribution in [0.5, 0.6) is 5.75 Å². The van der Waals surface area contributed by atoms with Gasteiger partial charge in [0.1, 0.15) is 18.3 Å². The fraction of sp³-hybridized carbons (Fsp3) is 0.480. The summed E-state index contributed by atoms with van der Waals surface area (Å²) < 4.78 is 21.2. The van der Waals surface area contributed by atoms with Gasteiger partial charge in [-0.25, -0.2) is 4.79 Å². The van der Waals surface area contributed by atoms with E-state index in [4.69, 9.17) is 18.9 Å². The van der Waals surface area contributed by atoms with Gasteiger partial charge in [-0.15, -0.1) is 0 Å². The van der Waals surface area contributed by atoms with Crippen molar-refractivity contribution in [2.75, 3.05) is 34.0 Å². The fourth-order valence-corrected chi connectivity index (χ4v) is 4.56. The zero-order valence-electron chi connectivity index (χ0n) is 19.7. The minimum atomic E-state index is -0.943. The lowest BCUT2D eigenvalue weighted by Crippen LogP contribution is -2.43. The molecule has 1 aromatic rings. The Balaban J connectivity index is 2.17. The summed E-state index contributed by atoms with van der Waals surface area (Å²) in [6.45, 7) is 6.25. The maximum atomic E-state index is 13.7. The van der Waals surface area contributed by atoms with Gasteiger partial charge in [0, 0.05) is 29.6 Å². The number of Topliss-reactive ketones (excluding diaryl/α,β-unsaturated/α-hetero) is 1. The summed E-state index contributed by atoms with van der Waals surface area (Å²) in [6, 6.07) is 7.30. The van der Waals surface area contributed by atoms with Crippen molar-refractivity contribution in [2.24, 2.45) is 11.8 Å². The average Bonchev–Trinajstić information content (AvgIpc) is 2.78. The van der Waals surface area contributed by atoms with Crippen LogP contribution in [0.4, 0.5) is 0 Å². The molecule has 0 saturated heterocycles. The van der Waals surface area contributed by atoms with Gasteiger partial charge in [0.25, 0.3) is 0 Å². The number of hydrogen-bond acceptors (Lipinski definition) is 8. The fourth-order valence-electron chi connectivity index (χ4n) is 4.56. The lowest BCUT2D eigenvalue weighted by Gasteiger charge is -2.38. The molecule has 33 heavy (non-hydrogen) atoms. The molecule has 1 aromatic carbocycles. The summed E-state index contributed by atoms with van der Waals surface area (Å²) in [7, 11) is 2.80. The third-order valence-electron chi connectivity index (χ3n) is 6.01. The molecule has 1 aliphatic heterocycles. The Morgan fingerprint density at radius 2 is 1.88 bits per heavy atom. The molecular weight excluding hydrogens is 426 g/mol. The standard InChI is InChI=1S/C25H31NO7/c1-6-32-18-10-8-7-9-16(18)21-20(25(29)33-12-11-30-4)15(3)26-17-13-14(2)19(24(28)31-5)23(27)22(17)21/h7-10,14,19,21,26H,6,11-13H2,1-5H3/t14-,19+,21+/m1/s1. The van der Waals surface area contributed by atoms with Crippen molar-refractivity contribution < 1.29 is 33.3 Å². The highest BCUT2D eigenvalue weighted by molar-refractivity contribution is 6.12. The second kappa shape index (κ2) is 10.7. The number of dihydropyridines is 1. The van der Waals surface area contributed by atoms with Crippen LogP contribution in [0, 0.1) is 11.8 Å². The lowest BCUT2D eigenvalue weighted by atomic mass is 9.69. The molecule has 1 N–H and O–H groups in total. The van der Waals surface area contributed by atoms with Gasteiger partial charge in [-0.2, -0.15) is 0 Å². The largest absolute Gasteiger partial charge is 0.494 e. The van der Waals surface area contributed by atoms with E-state index in [0.717, 1.165) is 0 Å². The minimum absolute atomic E-state index is 0.0770. The zero-order chi connectivity index (χ0) is 24.1. The Labute approximate surface area is 193 Å².